The molecule has 0 spiro atoms. The van der Waals surface area contributed by atoms with E-state index in [0.29, 0.717) is 18.9 Å². The first-order chi connectivity index (χ1) is 14.6. The topological polar surface area (TPSA) is 77.0 Å². The van der Waals surface area contributed by atoms with E-state index in [0.717, 1.165) is 68.9 Å². The van der Waals surface area contributed by atoms with Crippen molar-refractivity contribution in [3.63, 3.8) is 0 Å². The van der Waals surface area contributed by atoms with Crippen LogP contribution in [0, 0.1) is 5.92 Å². The molecule has 0 bridgehead atoms. The standard InChI is InChI=1S/C23H35N5O2.HI/c1-24-21(29)16-18-10-14-28(15-11-18)23(25-2)26-17-19-6-8-20(9-7-19)22(30)27-12-4-3-5-13-27;/h6-9,18H,3-5,10-17H2,1-2H3,(H,24,29)(H,25,26);1H. The Labute approximate surface area is 203 Å². The summed E-state index contributed by atoms with van der Waals surface area (Å²) in [5, 5.41) is 6.15. The summed E-state index contributed by atoms with van der Waals surface area (Å²) in [7, 11) is 3.50. The lowest BCUT2D eigenvalue weighted by Crippen LogP contribution is -2.45. The van der Waals surface area contributed by atoms with E-state index >= 15 is 0 Å². The van der Waals surface area contributed by atoms with Crippen molar-refractivity contribution >= 4 is 41.8 Å². The van der Waals surface area contributed by atoms with Crippen LogP contribution in [0.3, 0.4) is 0 Å². The van der Waals surface area contributed by atoms with Gasteiger partial charge in [0.25, 0.3) is 5.91 Å². The minimum atomic E-state index is 0. The van der Waals surface area contributed by atoms with E-state index in [9.17, 15) is 9.59 Å². The Morgan fingerprint density at radius 3 is 2.23 bits per heavy atom. The van der Waals surface area contributed by atoms with Gasteiger partial charge in [-0.05, 0) is 55.7 Å². The maximum Gasteiger partial charge on any atom is 0.253 e. The van der Waals surface area contributed by atoms with Crippen LogP contribution in [0.15, 0.2) is 29.3 Å². The number of aliphatic imine (C=N–C) groups is 1. The number of amides is 2. The monoisotopic (exact) mass is 541 g/mol. The number of halogens is 1. The van der Waals surface area contributed by atoms with Gasteiger partial charge in [0.2, 0.25) is 5.91 Å². The summed E-state index contributed by atoms with van der Waals surface area (Å²) in [6, 6.07) is 7.90. The number of likely N-dealkylation sites (tertiary alicyclic amines) is 2. The molecule has 0 atom stereocenters. The molecule has 172 valence electrons. The third-order valence-electron chi connectivity index (χ3n) is 6.17. The number of rotatable bonds is 5. The van der Waals surface area contributed by atoms with Crippen molar-refractivity contribution in [1.29, 1.82) is 0 Å². The van der Waals surface area contributed by atoms with E-state index in [2.05, 4.69) is 20.5 Å². The predicted octanol–water partition coefficient (Wildman–Crippen LogP) is 2.85. The first kappa shape index (κ1) is 25.4. The molecule has 2 aliphatic heterocycles. The van der Waals surface area contributed by atoms with E-state index in [1.165, 1.54) is 6.42 Å². The van der Waals surface area contributed by atoms with Crippen molar-refractivity contribution in [3.8, 4) is 0 Å². The SMILES string of the molecule is CN=C(NCc1ccc(C(=O)N2CCCCC2)cc1)N1CCC(CC(=O)NC)CC1.I. The normalized spacial score (nSPS) is 17.7. The first-order valence-corrected chi connectivity index (χ1v) is 11.1. The minimum Gasteiger partial charge on any atom is -0.359 e. The van der Waals surface area contributed by atoms with Gasteiger partial charge < -0.3 is 20.4 Å². The van der Waals surface area contributed by atoms with Crippen LogP contribution in [-0.2, 0) is 11.3 Å². The number of carbonyl (C=O) groups excluding carboxylic acids is 2. The molecular weight excluding hydrogens is 505 g/mol. The number of piperidine rings is 2. The molecule has 2 amide bonds. The highest BCUT2D eigenvalue weighted by atomic mass is 127. The number of hydrogen-bond donors (Lipinski definition) is 2. The molecule has 8 heteroatoms. The van der Waals surface area contributed by atoms with Gasteiger partial charge in [-0.25, -0.2) is 0 Å². The quantitative estimate of drug-likeness (QED) is 0.342. The van der Waals surface area contributed by atoms with Crippen LogP contribution in [-0.4, -0.2) is 67.8 Å². The lowest BCUT2D eigenvalue weighted by molar-refractivity contribution is -0.121. The third-order valence-corrected chi connectivity index (χ3v) is 6.17. The van der Waals surface area contributed by atoms with E-state index < -0.39 is 0 Å². The van der Waals surface area contributed by atoms with Crippen LogP contribution in [0.5, 0.6) is 0 Å². The molecule has 2 saturated heterocycles. The minimum absolute atomic E-state index is 0. The average molecular weight is 541 g/mol. The fraction of sp³-hybridized carbons (Fsp3) is 0.609. The van der Waals surface area contributed by atoms with Crippen molar-refractivity contribution in [2.45, 2.75) is 45.1 Å². The molecule has 0 unspecified atom stereocenters. The third kappa shape index (κ3) is 7.36. The van der Waals surface area contributed by atoms with Gasteiger partial charge >= 0.3 is 0 Å². The van der Waals surface area contributed by atoms with Crippen molar-refractivity contribution in [2.24, 2.45) is 10.9 Å². The Morgan fingerprint density at radius 1 is 1.00 bits per heavy atom. The number of hydrogen-bond acceptors (Lipinski definition) is 3. The molecule has 2 heterocycles. The van der Waals surface area contributed by atoms with Crippen molar-refractivity contribution in [1.82, 2.24) is 20.4 Å². The maximum atomic E-state index is 12.6. The van der Waals surface area contributed by atoms with E-state index in [1.807, 2.05) is 29.2 Å². The Morgan fingerprint density at radius 2 is 1.65 bits per heavy atom. The van der Waals surface area contributed by atoms with Gasteiger partial charge in [0.15, 0.2) is 5.96 Å². The van der Waals surface area contributed by atoms with Crippen LogP contribution >= 0.6 is 24.0 Å². The average Bonchev–Trinajstić information content (AvgIpc) is 2.81. The van der Waals surface area contributed by atoms with Crippen LogP contribution in [0.25, 0.3) is 0 Å². The van der Waals surface area contributed by atoms with Gasteiger partial charge in [-0.3, -0.25) is 14.6 Å². The fourth-order valence-electron chi connectivity index (χ4n) is 4.27. The molecule has 1 aromatic rings. The fourth-order valence-corrected chi connectivity index (χ4v) is 4.27. The highest BCUT2D eigenvalue weighted by Gasteiger charge is 2.23. The number of carbonyl (C=O) groups is 2. The molecule has 2 N–H and O–H groups in total. The molecule has 0 aliphatic carbocycles. The highest BCUT2D eigenvalue weighted by Crippen LogP contribution is 2.20. The second-order valence-electron chi connectivity index (χ2n) is 8.26. The molecule has 2 fully saturated rings. The maximum absolute atomic E-state index is 12.6. The Kier molecular flexibility index (Phi) is 10.6. The molecule has 31 heavy (non-hydrogen) atoms. The zero-order valence-electron chi connectivity index (χ0n) is 18.7. The number of nitrogens with zero attached hydrogens (tertiary/aromatic N) is 3. The Balaban J connectivity index is 0.00000341. The first-order valence-electron chi connectivity index (χ1n) is 11.1. The van der Waals surface area contributed by atoms with Gasteiger partial charge in [0, 0.05) is 58.8 Å². The van der Waals surface area contributed by atoms with E-state index in [1.54, 1.807) is 14.1 Å². The summed E-state index contributed by atoms with van der Waals surface area (Å²) in [5.41, 5.74) is 1.89. The summed E-state index contributed by atoms with van der Waals surface area (Å²) in [6.07, 6.45) is 6.05. The summed E-state index contributed by atoms with van der Waals surface area (Å²) < 4.78 is 0. The van der Waals surface area contributed by atoms with Gasteiger partial charge in [-0.2, -0.15) is 0 Å². The Bertz CT molecular complexity index is 739. The van der Waals surface area contributed by atoms with Gasteiger partial charge in [0.1, 0.15) is 0 Å². The summed E-state index contributed by atoms with van der Waals surface area (Å²) >= 11 is 0. The molecule has 7 nitrogen and oxygen atoms in total. The predicted molar refractivity (Wildman–Crippen MR) is 135 cm³/mol. The zero-order valence-corrected chi connectivity index (χ0v) is 21.1. The Hall–Kier alpha value is -1.84. The zero-order chi connectivity index (χ0) is 21.3. The van der Waals surface area contributed by atoms with Crippen LogP contribution < -0.4 is 10.6 Å². The van der Waals surface area contributed by atoms with E-state index in [-0.39, 0.29) is 35.8 Å². The second-order valence-corrected chi connectivity index (χ2v) is 8.26. The number of benzene rings is 1. The molecule has 1 aromatic carbocycles. The highest BCUT2D eigenvalue weighted by molar-refractivity contribution is 14.0. The van der Waals surface area contributed by atoms with Crippen molar-refractivity contribution in [2.75, 3.05) is 40.3 Å². The summed E-state index contributed by atoms with van der Waals surface area (Å²) in [5.74, 6) is 1.61. The van der Waals surface area contributed by atoms with Crippen LogP contribution in [0.2, 0.25) is 0 Å². The molecule has 0 aromatic heterocycles. The molecule has 0 saturated carbocycles. The van der Waals surface area contributed by atoms with Crippen molar-refractivity contribution in [3.05, 3.63) is 35.4 Å². The summed E-state index contributed by atoms with van der Waals surface area (Å²) in [6.45, 7) is 4.23. The van der Waals surface area contributed by atoms with Gasteiger partial charge in [-0.15, -0.1) is 24.0 Å². The molecule has 2 aliphatic rings. The lowest BCUT2D eigenvalue weighted by Gasteiger charge is -2.34. The van der Waals surface area contributed by atoms with Gasteiger partial charge in [-0.1, -0.05) is 12.1 Å². The van der Waals surface area contributed by atoms with Gasteiger partial charge in [0.05, 0.1) is 0 Å². The molecular formula is C23H36IN5O2. The smallest absolute Gasteiger partial charge is 0.253 e. The number of nitrogens with one attached hydrogen (secondary N) is 2. The largest absolute Gasteiger partial charge is 0.359 e. The second kappa shape index (κ2) is 12.9. The van der Waals surface area contributed by atoms with E-state index in [4.69, 9.17) is 0 Å². The van der Waals surface area contributed by atoms with Crippen LogP contribution in [0.4, 0.5) is 0 Å². The van der Waals surface area contributed by atoms with Crippen molar-refractivity contribution < 1.29 is 9.59 Å². The van der Waals surface area contributed by atoms with Crippen LogP contribution in [0.1, 0.15) is 54.4 Å². The molecule has 3 rings (SSSR count). The molecule has 0 radical (unpaired) electrons. The lowest BCUT2D eigenvalue weighted by atomic mass is 9.93. The number of guanidine groups is 1. The summed E-state index contributed by atoms with van der Waals surface area (Å²) in [4.78, 5) is 32.8.